The molecule has 2 N–H and O–H groups in total. The van der Waals surface area contributed by atoms with Gasteiger partial charge >= 0.3 is 0 Å². The van der Waals surface area contributed by atoms with Crippen LogP contribution in [-0.2, 0) is 22.5 Å². The fourth-order valence-corrected chi connectivity index (χ4v) is 5.57. The van der Waals surface area contributed by atoms with E-state index in [4.69, 9.17) is 47.5 Å². The topological polar surface area (TPSA) is 89.4 Å². The summed E-state index contributed by atoms with van der Waals surface area (Å²) in [6.07, 6.45) is -0.0700. The minimum Gasteiger partial charge on any atom is -0.496 e. The highest BCUT2D eigenvalue weighted by atomic mass is 35.5. The number of nitrogens with zero attached hydrogens (tertiary/aromatic N) is 1. The van der Waals surface area contributed by atoms with Gasteiger partial charge in [-0.1, -0.05) is 77.8 Å². The molecule has 0 spiro atoms. The normalized spacial score (nSPS) is 17.6. The average molecular weight is 620 g/mol. The fraction of sp³-hybridized carbons (Fsp3) is 0.235. The molecule has 43 heavy (non-hydrogen) atoms. The van der Waals surface area contributed by atoms with E-state index in [0.29, 0.717) is 51.6 Å². The van der Waals surface area contributed by atoms with Gasteiger partial charge in [0.2, 0.25) is 5.90 Å². The molecule has 4 aromatic rings. The largest absolute Gasteiger partial charge is 0.496 e. The van der Waals surface area contributed by atoms with Gasteiger partial charge in [0, 0.05) is 52.7 Å². The standard InChI is InChI=1S/C34H32Cl2N2O5/c1-41-30-11-6-5-10-25(30)22-37-33(40)34(21-23-8-3-2-4-9-23)31(28-17-14-26(35)20-29(28)36)43-32(38-34)24-12-15-27(16-13-24)42-19-7-18-39/h2-6,8-17,20,31,39H,7,18-19,21-22H2,1H3,(H,37,40)/t31-,34-/m1/s1. The Balaban J connectivity index is 1.57. The number of para-hydroxylation sites is 1. The monoisotopic (exact) mass is 618 g/mol. The lowest BCUT2D eigenvalue weighted by molar-refractivity contribution is -0.129. The van der Waals surface area contributed by atoms with Gasteiger partial charge in [0.25, 0.3) is 5.91 Å². The van der Waals surface area contributed by atoms with Crippen LogP contribution in [0.15, 0.2) is 102 Å². The Kier molecular flexibility index (Phi) is 9.87. The van der Waals surface area contributed by atoms with Gasteiger partial charge in [-0.05, 0) is 48.0 Å². The molecular weight excluding hydrogens is 587 g/mol. The number of ether oxygens (including phenoxy) is 3. The summed E-state index contributed by atoms with van der Waals surface area (Å²) in [5.41, 5.74) is 1.60. The van der Waals surface area contributed by atoms with Crippen LogP contribution in [0.1, 0.15) is 34.8 Å². The van der Waals surface area contributed by atoms with E-state index in [2.05, 4.69) is 5.32 Å². The number of rotatable bonds is 12. The number of aliphatic imine (C=N–C) groups is 1. The molecule has 1 aliphatic heterocycles. The molecule has 0 radical (unpaired) electrons. The third-order valence-electron chi connectivity index (χ3n) is 7.22. The van der Waals surface area contributed by atoms with Crippen molar-refractivity contribution in [2.45, 2.75) is 31.0 Å². The van der Waals surface area contributed by atoms with Crippen LogP contribution < -0.4 is 14.8 Å². The smallest absolute Gasteiger partial charge is 0.252 e. The number of nitrogens with one attached hydrogen (secondary N) is 1. The van der Waals surface area contributed by atoms with Crippen molar-refractivity contribution < 1.29 is 24.1 Å². The molecule has 0 bridgehead atoms. The molecule has 1 amide bonds. The van der Waals surface area contributed by atoms with E-state index in [-0.39, 0.29) is 25.5 Å². The van der Waals surface area contributed by atoms with E-state index in [1.54, 1.807) is 25.3 Å². The number of carbonyl (C=O) groups is 1. The minimum atomic E-state index is -1.41. The Hall–Kier alpha value is -4.04. The Bertz CT molecular complexity index is 1580. The van der Waals surface area contributed by atoms with Crippen molar-refractivity contribution >= 4 is 35.0 Å². The van der Waals surface area contributed by atoms with Crippen molar-refractivity contribution in [3.63, 3.8) is 0 Å². The highest BCUT2D eigenvalue weighted by Crippen LogP contribution is 2.45. The number of hydrogen-bond acceptors (Lipinski definition) is 6. The molecular formula is C34H32Cl2N2O5. The quantitative estimate of drug-likeness (QED) is 0.175. The van der Waals surface area contributed by atoms with Crippen LogP contribution in [0.25, 0.3) is 0 Å². The maximum atomic E-state index is 14.4. The molecule has 2 atom stereocenters. The number of aliphatic hydroxyl groups excluding tert-OH is 1. The molecule has 0 aliphatic carbocycles. The average Bonchev–Trinajstić information content (AvgIpc) is 3.40. The molecule has 1 heterocycles. The Morgan fingerprint density at radius 2 is 1.74 bits per heavy atom. The Morgan fingerprint density at radius 3 is 2.47 bits per heavy atom. The lowest BCUT2D eigenvalue weighted by Gasteiger charge is -2.31. The number of halogens is 2. The lowest BCUT2D eigenvalue weighted by Crippen LogP contribution is -2.49. The van der Waals surface area contributed by atoms with Gasteiger partial charge in [-0.2, -0.15) is 0 Å². The number of methoxy groups -OCH3 is 1. The van der Waals surface area contributed by atoms with Crippen molar-refractivity contribution in [1.29, 1.82) is 0 Å². The number of carbonyl (C=O) groups excluding carboxylic acids is 1. The Labute approximate surface area is 261 Å². The Morgan fingerprint density at radius 1 is 1.00 bits per heavy atom. The van der Waals surface area contributed by atoms with Gasteiger partial charge < -0.3 is 24.6 Å². The zero-order valence-corrected chi connectivity index (χ0v) is 25.1. The van der Waals surface area contributed by atoms with Crippen LogP contribution in [0, 0.1) is 0 Å². The second-order valence-corrected chi connectivity index (χ2v) is 11.0. The van der Waals surface area contributed by atoms with E-state index >= 15 is 0 Å². The van der Waals surface area contributed by atoms with E-state index in [9.17, 15) is 4.79 Å². The third kappa shape index (κ3) is 6.96. The van der Waals surface area contributed by atoms with Crippen molar-refractivity contribution in [3.05, 3.63) is 129 Å². The van der Waals surface area contributed by atoms with E-state index < -0.39 is 11.6 Å². The second-order valence-electron chi connectivity index (χ2n) is 10.1. The maximum absolute atomic E-state index is 14.4. The molecule has 0 saturated carbocycles. The fourth-order valence-electron chi connectivity index (χ4n) is 5.06. The molecule has 1 aliphatic rings. The number of amides is 1. The first-order chi connectivity index (χ1) is 20.9. The summed E-state index contributed by atoms with van der Waals surface area (Å²) in [4.78, 5) is 19.5. The number of hydrogen-bond donors (Lipinski definition) is 2. The molecule has 5 rings (SSSR count). The van der Waals surface area contributed by atoms with Gasteiger partial charge in [0.1, 0.15) is 11.5 Å². The van der Waals surface area contributed by atoms with E-state index in [1.807, 2.05) is 78.9 Å². The van der Waals surface area contributed by atoms with Gasteiger partial charge in [0.15, 0.2) is 11.6 Å². The van der Waals surface area contributed by atoms with E-state index in [1.165, 1.54) is 0 Å². The van der Waals surface area contributed by atoms with E-state index in [0.717, 1.165) is 11.1 Å². The summed E-state index contributed by atoms with van der Waals surface area (Å²) < 4.78 is 17.8. The molecule has 0 aromatic heterocycles. The molecule has 7 nitrogen and oxygen atoms in total. The molecule has 222 valence electrons. The zero-order valence-electron chi connectivity index (χ0n) is 23.6. The maximum Gasteiger partial charge on any atom is 0.252 e. The molecule has 0 saturated heterocycles. The second kappa shape index (κ2) is 14.0. The van der Waals surface area contributed by atoms with Gasteiger partial charge in [-0.3, -0.25) is 4.79 Å². The van der Waals surface area contributed by atoms with Crippen LogP contribution in [-0.4, -0.2) is 42.8 Å². The summed E-state index contributed by atoms with van der Waals surface area (Å²) in [7, 11) is 1.60. The number of aliphatic hydroxyl groups is 1. The number of benzene rings is 4. The summed E-state index contributed by atoms with van der Waals surface area (Å²) in [5, 5.41) is 13.0. The van der Waals surface area contributed by atoms with Gasteiger partial charge in [-0.15, -0.1) is 0 Å². The van der Waals surface area contributed by atoms with Crippen LogP contribution in [0.3, 0.4) is 0 Å². The van der Waals surface area contributed by atoms with Crippen molar-refractivity contribution in [1.82, 2.24) is 5.32 Å². The summed E-state index contributed by atoms with van der Waals surface area (Å²) in [6.45, 7) is 0.683. The predicted octanol–water partition coefficient (Wildman–Crippen LogP) is 6.58. The van der Waals surface area contributed by atoms with Crippen LogP contribution in [0.4, 0.5) is 0 Å². The molecule has 4 aromatic carbocycles. The first-order valence-corrected chi connectivity index (χ1v) is 14.7. The summed E-state index contributed by atoms with van der Waals surface area (Å²) in [5.74, 6) is 1.31. The van der Waals surface area contributed by atoms with Crippen LogP contribution >= 0.6 is 23.2 Å². The summed E-state index contributed by atoms with van der Waals surface area (Å²) in [6, 6.07) is 29.6. The van der Waals surface area contributed by atoms with Crippen molar-refractivity contribution in [3.8, 4) is 11.5 Å². The van der Waals surface area contributed by atoms with Crippen molar-refractivity contribution in [2.75, 3.05) is 20.3 Å². The highest BCUT2D eigenvalue weighted by Gasteiger charge is 2.53. The summed E-state index contributed by atoms with van der Waals surface area (Å²) >= 11 is 13.0. The van der Waals surface area contributed by atoms with Crippen molar-refractivity contribution in [2.24, 2.45) is 4.99 Å². The molecule has 0 fully saturated rings. The van der Waals surface area contributed by atoms with Gasteiger partial charge in [0.05, 0.1) is 13.7 Å². The minimum absolute atomic E-state index is 0.0555. The van der Waals surface area contributed by atoms with Gasteiger partial charge in [-0.25, -0.2) is 4.99 Å². The highest BCUT2D eigenvalue weighted by molar-refractivity contribution is 6.35. The predicted molar refractivity (Wildman–Crippen MR) is 168 cm³/mol. The zero-order chi connectivity index (χ0) is 30.2. The third-order valence-corrected chi connectivity index (χ3v) is 7.79. The van der Waals surface area contributed by atoms with Crippen LogP contribution in [0.2, 0.25) is 10.0 Å². The molecule has 0 unspecified atom stereocenters. The van der Waals surface area contributed by atoms with Crippen LogP contribution in [0.5, 0.6) is 11.5 Å². The first kappa shape index (κ1) is 30.4. The molecule has 9 heteroatoms. The lowest BCUT2D eigenvalue weighted by atomic mass is 9.82. The first-order valence-electron chi connectivity index (χ1n) is 13.9. The SMILES string of the molecule is COc1ccccc1CNC(=O)[C@]1(Cc2ccccc2)N=C(c2ccc(OCCCO)cc2)O[C@@H]1c1ccc(Cl)cc1Cl.